The Morgan fingerprint density at radius 3 is 2.67 bits per heavy atom. The second-order valence-corrected chi connectivity index (χ2v) is 5.08. The van der Waals surface area contributed by atoms with Crippen molar-refractivity contribution < 1.29 is 28.2 Å². The van der Waals surface area contributed by atoms with E-state index in [2.05, 4.69) is 4.74 Å². The van der Waals surface area contributed by atoms with E-state index in [0.29, 0.717) is 0 Å². The van der Waals surface area contributed by atoms with Crippen LogP contribution in [-0.4, -0.2) is 25.3 Å². The number of methoxy groups -OCH3 is 2. The number of esters is 1. The maximum absolute atomic E-state index is 14.2. The van der Waals surface area contributed by atoms with Crippen molar-refractivity contribution in [2.45, 2.75) is 18.9 Å². The Morgan fingerprint density at radius 1 is 1.33 bits per heavy atom. The molecule has 0 unspecified atom stereocenters. The minimum Gasteiger partial charge on any atom is -0.502 e. The Labute approximate surface area is 137 Å². The highest BCUT2D eigenvalue weighted by Gasteiger charge is 2.28. The van der Waals surface area contributed by atoms with Gasteiger partial charge in [0.25, 0.3) is 0 Å². The molecule has 0 radical (unpaired) electrons. The Balaban J connectivity index is 2.61. The van der Waals surface area contributed by atoms with E-state index in [1.807, 2.05) is 0 Å². The van der Waals surface area contributed by atoms with Crippen LogP contribution in [0.25, 0.3) is 0 Å². The van der Waals surface area contributed by atoms with E-state index in [-0.39, 0.29) is 30.1 Å². The summed E-state index contributed by atoms with van der Waals surface area (Å²) in [6, 6.07) is 6.82. The molecule has 1 heterocycles. The minimum absolute atomic E-state index is 0.00919. The number of hydrogen-bond acceptors (Lipinski definition) is 6. The molecule has 1 N–H and O–H groups in total. The van der Waals surface area contributed by atoms with Gasteiger partial charge in [0.15, 0.2) is 5.76 Å². The van der Waals surface area contributed by atoms with Crippen LogP contribution in [0.1, 0.15) is 29.4 Å². The zero-order chi connectivity index (χ0) is 17.7. The highest BCUT2D eigenvalue weighted by Crippen LogP contribution is 2.34. The number of carbonyl (C=O) groups is 1. The predicted octanol–water partition coefficient (Wildman–Crippen LogP) is 2.33. The molecule has 1 aromatic heterocycles. The van der Waals surface area contributed by atoms with Gasteiger partial charge in [-0.2, -0.15) is 0 Å². The lowest BCUT2D eigenvalue weighted by atomic mass is 9.91. The Bertz CT molecular complexity index is 783. The lowest BCUT2D eigenvalue weighted by molar-refractivity contribution is -0.140. The molecule has 2 rings (SSSR count). The third kappa shape index (κ3) is 3.80. The smallest absolute Gasteiger partial charge is 0.306 e. The molecule has 0 spiro atoms. The van der Waals surface area contributed by atoms with E-state index in [4.69, 9.17) is 9.15 Å². The molecule has 0 aliphatic heterocycles. The molecule has 0 bridgehead atoms. The molecular formula is C17H17FO6. The highest BCUT2D eigenvalue weighted by atomic mass is 19.1. The normalized spacial score (nSPS) is 12.0. The van der Waals surface area contributed by atoms with Crippen LogP contribution in [0.2, 0.25) is 0 Å². The average molecular weight is 336 g/mol. The topological polar surface area (TPSA) is 86.0 Å². The fourth-order valence-electron chi connectivity index (χ4n) is 2.36. The lowest BCUT2D eigenvalue weighted by Crippen LogP contribution is -2.15. The second kappa shape index (κ2) is 7.74. The van der Waals surface area contributed by atoms with E-state index < -0.39 is 28.9 Å². The third-order valence-electron chi connectivity index (χ3n) is 3.48. The molecule has 128 valence electrons. The SMILES string of the molecule is COCc1cc(=O)c(O)c([C@@H](CC(=O)OC)c2ccccc2F)o1. The zero-order valence-electron chi connectivity index (χ0n) is 13.2. The molecule has 24 heavy (non-hydrogen) atoms. The fourth-order valence-corrected chi connectivity index (χ4v) is 2.36. The summed E-state index contributed by atoms with van der Waals surface area (Å²) in [6.07, 6.45) is -0.301. The number of ether oxygens (including phenoxy) is 2. The van der Waals surface area contributed by atoms with Gasteiger partial charge in [-0.25, -0.2) is 4.39 Å². The van der Waals surface area contributed by atoms with Gasteiger partial charge >= 0.3 is 5.97 Å². The summed E-state index contributed by atoms with van der Waals surface area (Å²) in [5.74, 6) is -2.96. The molecule has 1 aromatic carbocycles. The number of rotatable bonds is 6. The molecule has 0 amide bonds. The zero-order valence-corrected chi connectivity index (χ0v) is 13.2. The van der Waals surface area contributed by atoms with Crippen molar-refractivity contribution in [1.29, 1.82) is 0 Å². The Morgan fingerprint density at radius 2 is 2.04 bits per heavy atom. The number of aromatic hydroxyl groups is 1. The fraction of sp³-hybridized carbons (Fsp3) is 0.294. The van der Waals surface area contributed by atoms with Gasteiger partial charge in [-0.15, -0.1) is 0 Å². The molecule has 0 saturated carbocycles. The molecule has 0 aliphatic carbocycles. The van der Waals surface area contributed by atoms with Gasteiger partial charge < -0.3 is 19.0 Å². The molecule has 0 aliphatic rings. The van der Waals surface area contributed by atoms with E-state index in [1.54, 1.807) is 6.07 Å². The van der Waals surface area contributed by atoms with Gasteiger partial charge in [0, 0.05) is 13.2 Å². The summed E-state index contributed by atoms with van der Waals surface area (Å²) in [6.45, 7) is -0.00919. The van der Waals surface area contributed by atoms with Crippen molar-refractivity contribution >= 4 is 5.97 Å². The Kier molecular flexibility index (Phi) is 5.70. The number of carbonyl (C=O) groups excluding carboxylic acids is 1. The quantitative estimate of drug-likeness (QED) is 0.815. The first kappa shape index (κ1) is 17.7. The van der Waals surface area contributed by atoms with Crippen molar-refractivity contribution in [2.24, 2.45) is 0 Å². The summed E-state index contributed by atoms with van der Waals surface area (Å²) in [5.41, 5.74) is -0.592. The summed E-state index contributed by atoms with van der Waals surface area (Å²) in [7, 11) is 2.60. The van der Waals surface area contributed by atoms with Crippen molar-refractivity contribution in [1.82, 2.24) is 0 Å². The first-order chi connectivity index (χ1) is 11.5. The van der Waals surface area contributed by atoms with Crippen LogP contribution in [0.5, 0.6) is 5.75 Å². The summed E-state index contributed by atoms with van der Waals surface area (Å²) in [5, 5.41) is 10.1. The standard InChI is InChI=1S/C17H17FO6/c1-22-9-10-7-14(19)16(21)17(24-10)12(8-15(20)23-2)11-5-3-4-6-13(11)18/h3-7,12,21H,8-9H2,1-2H3/t12-/m0/s1. The molecular weight excluding hydrogens is 319 g/mol. The van der Waals surface area contributed by atoms with Gasteiger partial charge in [0.1, 0.15) is 18.2 Å². The van der Waals surface area contributed by atoms with Crippen LogP contribution < -0.4 is 5.43 Å². The Hall–Kier alpha value is -2.67. The van der Waals surface area contributed by atoms with Gasteiger partial charge in [-0.1, -0.05) is 18.2 Å². The van der Waals surface area contributed by atoms with Crippen LogP contribution in [0.15, 0.2) is 39.5 Å². The van der Waals surface area contributed by atoms with Crippen LogP contribution in [0, 0.1) is 5.82 Å². The minimum atomic E-state index is -1.01. The summed E-state index contributed by atoms with van der Waals surface area (Å²) >= 11 is 0. The van der Waals surface area contributed by atoms with E-state index in [1.165, 1.54) is 32.4 Å². The molecule has 6 nitrogen and oxygen atoms in total. The van der Waals surface area contributed by atoms with E-state index in [0.717, 1.165) is 6.07 Å². The van der Waals surface area contributed by atoms with Crippen LogP contribution in [0.3, 0.4) is 0 Å². The molecule has 0 saturated heterocycles. The van der Waals surface area contributed by atoms with Gasteiger partial charge in [0.05, 0.1) is 19.4 Å². The number of halogens is 1. The maximum atomic E-state index is 14.2. The molecule has 1 atom stereocenters. The first-order valence-corrected chi connectivity index (χ1v) is 7.14. The van der Waals surface area contributed by atoms with E-state index in [9.17, 15) is 19.1 Å². The highest BCUT2D eigenvalue weighted by molar-refractivity contribution is 5.71. The number of hydrogen-bond donors (Lipinski definition) is 1. The average Bonchev–Trinajstić information content (AvgIpc) is 2.57. The lowest BCUT2D eigenvalue weighted by Gasteiger charge is -2.18. The van der Waals surface area contributed by atoms with Crippen LogP contribution in [0.4, 0.5) is 4.39 Å². The third-order valence-corrected chi connectivity index (χ3v) is 3.48. The predicted molar refractivity (Wildman–Crippen MR) is 82.2 cm³/mol. The molecule has 0 fully saturated rings. The van der Waals surface area contributed by atoms with Crippen LogP contribution in [-0.2, 0) is 20.9 Å². The first-order valence-electron chi connectivity index (χ1n) is 7.14. The molecule has 7 heteroatoms. The monoisotopic (exact) mass is 336 g/mol. The summed E-state index contributed by atoms with van der Waals surface area (Å²) in [4.78, 5) is 23.7. The van der Waals surface area contributed by atoms with Gasteiger partial charge in [-0.3, -0.25) is 9.59 Å². The van der Waals surface area contributed by atoms with Gasteiger partial charge in [-0.05, 0) is 11.6 Å². The van der Waals surface area contributed by atoms with Gasteiger partial charge in [0.2, 0.25) is 11.2 Å². The second-order valence-electron chi connectivity index (χ2n) is 5.08. The molecule has 2 aromatic rings. The van der Waals surface area contributed by atoms with Crippen molar-refractivity contribution in [3.05, 3.63) is 63.5 Å². The maximum Gasteiger partial charge on any atom is 0.306 e. The number of benzene rings is 1. The summed E-state index contributed by atoms with van der Waals surface area (Å²) < 4.78 is 29.2. The van der Waals surface area contributed by atoms with Crippen molar-refractivity contribution in [3.8, 4) is 5.75 Å². The van der Waals surface area contributed by atoms with Crippen molar-refractivity contribution in [2.75, 3.05) is 14.2 Å². The largest absolute Gasteiger partial charge is 0.502 e. The van der Waals surface area contributed by atoms with Crippen LogP contribution >= 0.6 is 0 Å². The van der Waals surface area contributed by atoms with Crippen molar-refractivity contribution in [3.63, 3.8) is 0 Å². The van der Waals surface area contributed by atoms with E-state index >= 15 is 0 Å².